The highest BCUT2D eigenvalue weighted by Crippen LogP contribution is 2.35. The summed E-state index contributed by atoms with van der Waals surface area (Å²) in [7, 11) is 2.91. The number of amides is 1. The first-order chi connectivity index (χ1) is 16.0. The quantitative estimate of drug-likeness (QED) is 0.239. The van der Waals surface area contributed by atoms with E-state index < -0.39 is 16.5 Å². The summed E-state index contributed by atoms with van der Waals surface area (Å²) in [6.07, 6.45) is 2.08. The summed E-state index contributed by atoms with van der Waals surface area (Å²) in [5.74, 6) is -0.308. The van der Waals surface area contributed by atoms with Gasteiger partial charge in [0.2, 0.25) is 0 Å². The number of anilines is 1. The Bertz CT molecular complexity index is 1110. The van der Waals surface area contributed by atoms with E-state index in [0.29, 0.717) is 17.4 Å². The number of thiazole rings is 1. The van der Waals surface area contributed by atoms with Crippen LogP contribution < -0.4 is 14.8 Å². The lowest BCUT2D eigenvalue weighted by Gasteiger charge is -2.12. The van der Waals surface area contributed by atoms with Crippen molar-refractivity contribution < 1.29 is 23.9 Å². The molecule has 0 atom stereocenters. The Balaban J connectivity index is 1.81. The van der Waals surface area contributed by atoms with Crippen LogP contribution in [0.15, 0.2) is 41.8 Å². The Hall–Kier alpha value is -3.50. The van der Waals surface area contributed by atoms with Gasteiger partial charge >= 0.3 is 0 Å². The highest BCUT2D eigenvalue weighted by Gasteiger charge is 2.25. The van der Waals surface area contributed by atoms with Gasteiger partial charge in [-0.25, -0.2) is 4.98 Å². The van der Waals surface area contributed by atoms with Crippen molar-refractivity contribution in [1.82, 2.24) is 4.98 Å². The molecular weight excluding hydrogens is 446 g/mol. The minimum absolute atomic E-state index is 0.154. The van der Waals surface area contributed by atoms with Crippen LogP contribution in [-0.2, 0) is 11.2 Å². The maximum absolute atomic E-state index is 12.9. The smallest absolute Gasteiger partial charge is 0.286 e. The summed E-state index contributed by atoms with van der Waals surface area (Å²) in [4.78, 5) is 28.3. The Morgan fingerprint density at radius 2 is 1.91 bits per heavy atom. The number of nitrogens with zero attached hydrogens (tertiary/aromatic N) is 2. The SMILES string of the molecule is CCCc1ccc(-c2csc(NC(=O)c3cc(OC)c(OCCOC)cc3[N+](=O)[O-])n2)cc1. The van der Waals surface area contributed by atoms with E-state index in [9.17, 15) is 14.9 Å². The van der Waals surface area contributed by atoms with E-state index in [1.807, 2.05) is 17.5 Å². The Morgan fingerprint density at radius 1 is 1.15 bits per heavy atom. The molecule has 0 saturated heterocycles. The number of hydrogen-bond donors (Lipinski definition) is 1. The van der Waals surface area contributed by atoms with E-state index >= 15 is 0 Å². The molecule has 0 spiro atoms. The van der Waals surface area contributed by atoms with Crippen LogP contribution in [0.3, 0.4) is 0 Å². The number of nitrogens with one attached hydrogen (secondary N) is 1. The standard InChI is InChI=1S/C23H25N3O6S/c1-4-5-15-6-8-16(9-7-15)18-14-33-23(24-18)25-22(27)17-12-20(31-3)21(32-11-10-30-2)13-19(17)26(28)29/h6-9,12-14H,4-5,10-11H2,1-3H3,(H,24,25,27). The van der Waals surface area contributed by atoms with Crippen LogP contribution in [0.4, 0.5) is 10.8 Å². The second kappa shape index (κ2) is 11.4. The van der Waals surface area contributed by atoms with E-state index in [-0.39, 0.29) is 23.7 Å². The summed E-state index contributed by atoms with van der Waals surface area (Å²) >= 11 is 1.24. The highest BCUT2D eigenvalue weighted by molar-refractivity contribution is 7.14. The predicted octanol–water partition coefficient (Wildman–Crippen LogP) is 4.96. The molecule has 174 valence electrons. The second-order valence-corrected chi connectivity index (χ2v) is 7.92. The van der Waals surface area contributed by atoms with Gasteiger partial charge in [-0.1, -0.05) is 37.6 Å². The van der Waals surface area contributed by atoms with E-state index in [2.05, 4.69) is 29.4 Å². The minimum atomic E-state index is -0.664. The Labute approximate surface area is 195 Å². The molecule has 0 aliphatic heterocycles. The van der Waals surface area contributed by atoms with Crippen LogP contribution in [0.1, 0.15) is 29.3 Å². The van der Waals surface area contributed by atoms with E-state index in [4.69, 9.17) is 14.2 Å². The number of rotatable bonds is 11. The normalized spacial score (nSPS) is 10.6. The molecule has 0 saturated carbocycles. The van der Waals surface area contributed by atoms with Crippen molar-refractivity contribution in [3.05, 3.63) is 63.0 Å². The molecule has 1 heterocycles. The Kier molecular flexibility index (Phi) is 8.34. The molecule has 9 nitrogen and oxygen atoms in total. The third-order valence-electron chi connectivity index (χ3n) is 4.78. The number of nitro groups is 1. The molecule has 0 bridgehead atoms. The van der Waals surface area contributed by atoms with Gasteiger partial charge in [-0.15, -0.1) is 11.3 Å². The zero-order valence-corrected chi connectivity index (χ0v) is 19.4. The highest BCUT2D eigenvalue weighted by atomic mass is 32.1. The number of ether oxygens (including phenoxy) is 3. The average Bonchev–Trinajstić information content (AvgIpc) is 3.27. The lowest BCUT2D eigenvalue weighted by atomic mass is 10.1. The van der Waals surface area contributed by atoms with Gasteiger partial charge in [0.1, 0.15) is 12.2 Å². The molecule has 1 aromatic heterocycles. The maximum atomic E-state index is 12.9. The zero-order valence-electron chi connectivity index (χ0n) is 18.6. The van der Waals surface area contributed by atoms with Crippen molar-refractivity contribution in [3.8, 4) is 22.8 Å². The maximum Gasteiger partial charge on any atom is 0.286 e. The summed E-state index contributed by atoms with van der Waals surface area (Å²) in [5, 5.41) is 16.4. The molecule has 0 aliphatic carbocycles. The van der Waals surface area contributed by atoms with Crippen LogP contribution in [0.25, 0.3) is 11.3 Å². The first-order valence-electron chi connectivity index (χ1n) is 10.3. The van der Waals surface area contributed by atoms with Crippen LogP contribution >= 0.6 is 11.3 Å². The van der Waals surface area contributed by atoms with Gasteiger partial charge < -0.3 is 14.2 Å². The minimum Gasteiger partial charge on any atom is -0.493 e. The first kappa shape index (κ1) is 24.1. The molecule has 0 unspecified atom stereocenters. The first-order valence-corrected chi connectivity index (χ1v) is 11.2. The molecule has 1 N–H and O–H groups in total. The van der Waals surface area contributed by atoms with Gasteiger partial charge in [0.15, 0.2) is 16.6 Å². The number of methoxy groups -OCH3 is 2. The van der Waals surface area contributed by atoms with Gasteiger partial charge in [-0.2, -0.15) is 0 Å². The topological polar surface area (TPSA) is 113 Å². The van der Waals surface area contributed by atoms with Crippen molar-refractivity contribution in [1.29, 1.82) is 0 Å². The van der Waals surface area contributed by atoms with Gasteiger partial charge in [0, 0.05) is 24.1 Å². The lowest BCUT2D eigenvalue weighted by Crippen LogP contribution is -2.15. The summed E-state index contributed by atoms with van der Waals surface area (Å²) < 4.78 is 15.7. The molecule has 3 aromatic rings. The number of benzene rings is 2. The van der Waals surface area contributed by atoms with Crippen LogP contribution in [0.2, 0.25) is 0 Å². The Morgan fingerprint density at radius 3 is 2.55 bits per heavy atom. The third-order valence-corrected chi connectivity index (χ3v) is 5.54. The number of aryl methyl sites for hydroxylation is 1. The van der Waals surface area contributed by atoms with Crippen molar-refractivity contribution in [3.63, 3.8) is 0 Å². The predicted molar refractivity (Wildman–Crippen MR) is 127 cm³/mol. The average molecular weight is 472 g/mol. The van der Waals surface area contributed by atoms with Gasteiger partial charge in [0.25, 0.3) is 11.6 Å². The molecule has 0 aliphatic rings. The summed E-state index contributed by atoms with van der Waals surface area (Å²) in [6.45, 7) is 2.61. The molecule has 10 heteroatoms. The van der Waals surface area contributed by atoms with E-state index in [1.165, 1.54) is 43.3 Å². The van der Waals surface area contributed by atoms with Gasteiger partial charge in [-0.3, -0.25) is 20.2 Å². The fourth-order valence-electron chi connectivity index (χ4n) is 3.15. The summed E-state index contributed by atoms with van der Waals surface area (Å²) in [5.41, 5.74) is 2.34. The summed E-state index contributed by atoms with van der Waals surface area (Å²) in [6, 6.07) is 10.6. The fourth-order valence-corrected chi connectivity index (χ4v) is 3.86. The van der Waals surface area contributed by atoms with E-state index in [1.54, 1.807) is 0 Å². The molecule has 0 fully saturated rings. The molecule has 0 radical (unpaired) electrons. The lowest BCUT2D eigenvalue weighted by molar-refractivity contribution is -0.385. The third kappa shape index (κ3) is 6.05. The van der Waals surface area contributed by atoms with Gasteiger partial charge in [0.05, 0.1) is 30.4 Å². The fraction of sp³-hybridized carbons (Fsp3) is 0.304. The van der Waals surface area contributed by atoms with Crippen LogP contribution in [-0.4, -0.2) is 43.2 Å². The number of nitro benzene ring substituents is 1. The number of hydrogen-bond acceptors (Lipinski definition) is 8. The largest absolute Gasteiger partial charge is 0.493 e. The molecule has 2 aromatic carbocycles. The monoisotopic (exact) mass is 471 g/mol. The molecular formula is C23H25N3O6S. The molecule has 3 rings (SSSR count). The molecule has 33 heavy (non-hydrogen) atoms. The van der Waals surface area contributed by atoms with Crippen molar-refractivity contribution in [2.45, 2.75) is 19.8 Å². The molecule has 1 amide bonds. The van der Waals surface area contributed by atoms with Gasteiger partial charge in [-0.05, 0) is 12.0 Å². The number of carbonyl (C=O) groups is 1. The van der Waals surface area contributed by atoms with Crippen molar-refractivity contribution in [2.75, 3.05) is 32.8 Å². The van der Waals surface area contributed by atoms with Crippen molar-refractivity contribution >= 4 is 28.1 Å². The van der Waals surface area contributed by atoms with Crippen LogP contribution in [0.5, 0.6) is 11.5 Å². The zero-order chi connectivity index (χ0) is 23.8. The number of aromatic nitrogens is 1. The number of carbonyl (C=O) groups excluding carboxylic acids is 1. The van der Waals surface area contributed by atoms with E-state index in [0.717, 1.165) is 18.4 Å². The van der Waals surface area contributed by atoms with Crippen molar-refractivity contribution in [2.24, 2.45) is 0 Å². The van der Waals surface area contributed by atoms with Crippen LogP contribution in [0, 0.1) is 10.1 Å². The second-order valence-electron chi connectivity index (χ2n) is 7.06.